The molecule has 0 unspecified atom stereocenters. The Morgan fingerprint density at radius 3 is 2.69 bits per heavy atom. The van der Waals surface area contributed by atoms with E-state index in [1.165, 1.54) is 12.1 Å². The lowest BCUT2D eigenvalue weighted by molar-refractivity contribution is -0.114. The lowest BCUT2D eigenvalue weighted by atomic mass is 10.0. The van der Waals surface area contributed by atoms with E-state index in [0.717, 1.165) is 27.9 Å². The Labute approximate surface area is 168 Å². The van der Waals surface area contributed by atoms with Crippen molar-refractivity contribution in [3.8, 4) is 0 Å². The molecule has 0 aliphatic carbocycles. The van der Waals surface area contributed by atoms with Gasteiger partial charge in [0.05, 0.1) is 0 Å². The summed E-state index contributed by atoms with van der Waals surface area (Å²) in [4.78, 5) is 35.0. The number of rotatable bonds is 7. The molecule has 0 aliphatic heterocycles. The zero-order chi connectivity index (χ0) is 21.0. The zero-order valence-corrected chi connectivity index (χ0v) is 16.7. The number of aryl methyl sites for hydroxylation is 3. The van der Waals surface area contributed by atoms with Gasteiger partial charge in [0.25, 0.3) is 0 Å². The van der Waals surface area contributed by atoms with Gasteiger partial charge in [-0.15, -0.1) is 0 Å². The molecule has 0 saturated heterocycles. The molecule has 7 nitrogen and oxygen atoms in total. The van der Waals surface area contributed by atoms with E-state index in [-0.39, 0.29) is 17.8 Å². The molecule has 0 fully saturated rings. The summed E-state index contributed by atoms with van der Waals surface area (Å²) in [7, 11) is 0. The number of benzene rings is 1. The number of aromatic nitrogens is 3. The van der Waals surface area contributed by atoms with Crippen LogP contribution in [-0.2, 0) is 11.2 Å². The van der Waals surface area contributed by atoms with Crippen molar-refractivity contribution in [2.45, 2.75) is 27.2 Å². The van der Waals surface area contributed by atoms with E-state index in [9.17, 15) is 9.59 Å². The minimum Gasteiger partial charge on any atom is -0.340 e. The Bertz CT molecular complexity index is 1130. The fourth-order valence-electron chi connectivity index (χ4n) is 2.80. The van der Waals surface area contributed by atoms with Crippen LogP contribution in [0.4, 0.5) is 23.3 Å². The van der Waals surface area contributed by atoms with E-state index in [0.29, 0.717) is 17.6 Å². The zero-order valence-electron chi connectivity index (χ0n) is 16.7. The van der Waals surface area contributed by atoms with Crippen LogP contribution >= 0.6 is 0 Å². The maximum atomic E-state index is 11.9. The molecule has 3 aromatic rings. The monoisotopic (exact) mass is 389 g/mol. The standard InChI is InChI=1S/C22H23N5O2/c1-5-17(28)11-16-10-13(2)6-8-18(16)24-21-15(4)12-23-22(27-21)26-20-14(3)7-9-19(29)25-20/h5-10,12H,1,11H2,2-4H3,(H3,23,24,25,26,27,29). The Morgan fingerprint density at radius 2 is 1.93 bits per heavy atom. The average Bonchev–Trinajstić information content (AvgIpc) is 2.69. The first kappa shape index (κ1) is 20.0. The maximum Gasteiger partial charge on any atom is 0.249 e. The minimum atomic E-state index is -0.209. The lowest BCUT2D eigenvalue weighted by Crippen LogP contribution is -2.10. The number of nitrogens with zero attached hydrogens (tertiary/aromatic N) is 2. The van der Waals surface area contributed by atoms with E-state index in [1.807, 2.05) is 39.0 Å². The van der Waals surface area contributed by atoms with Gasteiger partial charge in [-0.2, -0.15) is 4.98 Å². The number of hydrogen-bond donors (Lipinski definition) is 3. The Morgan fingerprint density at radius 1 is 1.14 bits per heavy atom. The molecule has 0 amide bonds. The normalized spacial score (nSPS) is 10.4. The van der Waals surface area contributed by atoms with Gasteiger partial charge >= 0.3 is 0 Å². The molecule has 2 aromatic heterocycles. The van der Waals surface area contributed by atoms with Gasteiger partial charge < -0.3 is 15.6 Å². The molecule has 0 bridgehead atoms. The fourth-order valence-corrected chi connectivity index (χ4v) is 2.80. The van der Waals surface area contributed by atoms with Gasteiger partial charge in [-0.1, -0.05) is 30.3 Å². The Hall–Kier alpha value is -3.74. The van der Waals surface area contributed by atoms with Crippen molar-refractivity contribution in [2.24, 2.45) is 0 Å². The van der Waals surface area contributed by atoms with Crippen molar-refractivity contribution >= 4 is 29.1 Å². The third-order valence-corrected chi connectivity index (χ3v) is 4.44. The largest absolute Gasteiger partial charge is 0.340 e. The number of allylic oxidation sites excluding steroid dienone is 1. The summed E-state index contributed by atoms with van der Waals surface area (Å²) < 4.78 is 0. The highest BCUT2D eigenvalue weighted by molar-refractivity contribution is 5.92. The second kappa shape index (κ2) is 8.52. The van der Waals surface area contributed by atoms with Gasteiger partial charge in [0.1, 0.15) is 11.6 Å². The highest BCUT2D eigenvalue weighted by atomic mass is 16.1. The van der Waals surface area contributed by atoms with Crippen molar-refractivity contribution in [3.05, 3.63) is 81.8 Å². The van der Waals surface area contributed by atoms with Crippen molar-refractivity contribution < 1.29 is 4.79 Å². The van der Waals surface area contributed by atoms with Crippen LogP contribution in [0.1, 0.15) is 22.3 Å². The summed E-state index contributed by atoms with van der Waals surface area (Å²) in [5.41, 5.74) is 4.23. The number of nitrogens with one attached hydrogen (secondary N) is 3. The predicted molar refractivity (Wildman–Crippen MR) is 115 cm³/mol. The SMILES string of the molecule is C=CC(=O)Cc1cc(C)ccc1Nc1nc(Nc2[nH]c(=O)ccc2C)ncc1C. The van der Waals surface area contributed by atoms with Gasteiger partial charge in [-0.25, -0.2) is 4.98 Å². The number of carbonyl (C=O) groups is 1. The Kier molecular flexibility index (Phi) is 5.87. The van der Waals surface area contributed by atoms with Crippen molar-refractivity contribution in [1.82, 2.24) is 15.0 Å². The summed E-state index contributed by atoms with van der Waals surface area (Å²) in [6, 6.07) is 9.06. The summed E-state index contributed by atoms with van der Waals surface area (Å²) in [6.07, 6.45) is 3.27. The van der Waals surface area contributed by atoms with Crippen LogP contribution in [0.2, 0.25) is 0 Å². The summed E-state index contributed by atoms with van der Waals surface area (Å²) >= 11 is 0. The molecule has 0 radical (unpaired) electrons. The van der Waals surface area contributed by atoms with Crippen LogP contribution in [0, 0.1) is 20.8 Å². The molecule has 0 atom stereocenters. The number of H-pyrrole nitrogens is 1. The lowest BCUT2D eigenvalue weighted by Gasteiger charge is -2.15. The third-order valence-electron chi connectivity index (χ3n) is 4.44. The van der Waals surface area contributed by atoms with E-state index < -0.39 is 0 Å². The first-order valence-electron chi connectivity index (χ1n) is 9.18. The highest BCUT2D eigenvalue weighted by Gasteiger charge is 2.11. The molecule has 3 rings (SSSR count). The molecule has 1 aromatic carbocycles. The molecule has 0 saturated carbocycles. The van der Waals surface area contributed by atoms with E-state index in [1.54, 1.807) is 12.3 Å². The van der Waals surface area contributed by atoms with Gasteiger partial charge in [0.15, 0.2) is 5.78 Å². The van der Waals surface area contributed by atoms with Crippen molar-refractivity contribution in [3.63, 3.8) is 0 Å². The molecule has 148 valence electrons. The second-order valence-corrected chi connectivity index (χ2v) is 6.86. The van der Waals surface area contributed by atoms with Gasteiger partial charge in [0.2, 0.25) is 11.5 Å². The first-order chi connectivity index (χ1) is 13.9. The van der Waals surface area contributed by atoms with Crippen LogP contribution in [-0.4, -0.2) is 20.7 Å². The van der Waals surface area contributed by atoms with E-state index in [2.05, 4.69) is 32.2 Å². The minimum absolute atomic E-state index is 0.0519. The maximum absolute atomic E-state index is 11.9. The van der Waals surface area contributed by atoms with Crippen LogP contribution in [0.5, 0.6) is 0 Å². The average molecular weight is 389 g/mol. The number of pyridine rings is 1. The third kappa shape index (κ3) is 4.95. The topological polar surface area (TPSA) is 99.8 Å². The number of anilines is 4. The van der Waals surface area contributed by atoms with Crippen molar-refractivity contribution in [1.29, 1.82) is 0 Å². The fraction of sp³-hybridized carbons (Fsp3) is 0.182. The van der Waals surface area contributed by atoms with Crippen LogP contribution < -0.4 is 16.2 Å². The summed E-state index contributed by atoms with van der Waals surface area (Å²) in [6.45, 7) is 9.30. The van der Waals surface area contributed by atoms with Crippen LogP contribution in [0.3, 0.4) is 0 Å². The van der Waals surface area contributed by atoms with Gasteiger partial charge in [0, 0.05) is 29.9 Å². The molecule has 7 heteroatoms. The molecule has 2 heterocycles. The number of hydrogen-bond acceptors (Lipinski definition) is 6. The number of aromatic amines is 1. The smallest absolute Gasteiger partial charge is 0.249 e. The molecule has 3 N–H and O–H groups in total. The van der Waals surface area contributed by atoms with E-state index in [4.69, 9.17) is 0 Å². The highest BCUT2D eigenvalue weighted by Crippen LogP contribution is 2.25. The van der Waals surface area contributed by atoms with Gasteiger partial charge in [-0.3, -0.25) is 9.59 Å². The van der Waals surface area contributed by atoms with Crippen molar-refractivity contribution in [2.75, 3.05) is 10.6 Å². The van der Waals surface area contributed by atoms with Crippen LogP contribution in [0.15, 0.2) is 54.0 Å². The Balaban J connectivity index is 1.91. The molecule has 0 spiro atoms. The number of carbonyl (C=O) groups excluding carboxylic acids is 1. The predicted octanol–water partition coefficient (Wildman–Crippen LogP) is 3.87. The summed E-state index contributed by atoms with van der Waals surface area (Å²) in [5.74, 6) is 1.44. The van der Waals surface area contributed by atoms with Crippen LogP contribution in [0.25, 0.3) is 0 Å². The van der Waals surface area contributed by atoms with E-state index >= 15 is 0 Å². The number of ketones is 1. The molecule has 29 heavy (non-hydrogen) atoms. The molecular weight excluding hydrogens is 366 g/mol. The van der Waals surface area contributed by atoms with Gasteiger partial charge in [-0.05, 0) is 44.0 Å². The summed E-state index contributed by atoms with van der Waals surface area (Å²) in [5, 5.41) is 6.35. The first-order valence-corrected chi connectivity index (χ1v) is 9.18. The molecule has 0 aliphatic rings. The quantitative estimate of drug-likeness (QED) is 0.531. The molecular formula is C22H23N5O2. The second-order valence-electron chi connectivity index (χ2n) is 6.86.